The number of benzene rings is 1. The maximum atomic E-state index is 13.9. The molecule has 26 heavy (non-hydrogen) atoms. The number of amides is 1. The van der Waals surface area contributed by atoms with Crippen molar-refractivity contribution in [2.75, 3.05) is 5.32 Å². The molecule has 134 valence electrons. The molecule has 1 N–H and O–H groups in total. The van der Waals surface area contributed by atoms with Crippen LogP contribution in [0.15, 0.2) is 24.4 Å². The van der Waals surface area contributed by atoms with Crippen LogP contribution in [0, 0.1) is 5.82 Å². The Kier molecular flexibility index (Phi) is 3.62. The molecule has 2 heterocycles. The molecular formula is C16H10F4N4OS. The number of carbonyl (C=O) groups excluding carboxylic acids is 1. The molecular weight excluding hydrogens is 372 g/mol. The minimum Gasteiger partial charge on any atom is -0.302 e. The third kappa shape index (κ3) is 2.57. The Bertz CT molecular complexity index is 1040. The van der Waals surface area contributed by atoms with Crippen molar-refractivity contribution in [1.29, 1.82) is 0 Å². The monoisotopic (exact) mass is 382 g/mol. The first-order chi connectivity index (χ1) is 12.3. The molecule has 0 saturated carbocycles. The lowest BCUT2D eigenvalue weighted by Crippen LogP contribution is -2.14. The average molecular weight is 382 g/mol. The summed E-state index contributed by atoms with van der Waals surface area (Å²) in [7, 11) is 0. The Labute approximate surface area is 148 Å². The molecule has 0 unspecified atom stereocenters. The van der Waals surface area contributed by atoms with Crippen LogP contribution in [-0.2, 0) is 17.4 Å². The number of nitrogens with one attached hydrogen (secondary N) is 1. The van der Waals surface area contributed by atoms with Crippen molar-refractivity contribution < 1.29 is 22.4 Å². The fourth-order valence-electron chi connectivity index (χ4n) is 2.95. The molecule has 1 aliphatic carbocycles. The summed E-state index contributed by atoms with van der Waals surface area (Å²) in [4.78, 5) is 16.1. The molecule has 0 bridgehead atoms. The molecule has 1 amide bonds. The number of thiazole rings is 1. The highest BCUT2D eigenvalue weighted by Gasteiger charge is 2.39. The Balaban J connectivity index is 1.89. The van der Waals surface area contributed by atoms with Gasteiger partial charge in [-0.2, -0.15) is 18.3 Å². The second kappa shape index (κ2) is 5.63. The number of anilines is 1. The van der Waals surface area contributed by atoms with E-state index in [-0.39, 0.29) is 11.6 Å². The summed E-state index contributed by atoms with van der Waals surface area (Å²) in [6.07, 6.45) is -3.03. The van der Waals surface area contributed by atoms with Gasteiger partial charge >= 0.3 is 6.18 Å². The van der Waals surface area contributed by atoms with Crippen LogP contribution in [0.25, 0.3) is 16.3 Å². The summed E-state index contributed by atoms with van der Waals surface area (Å²) in [5, 5.41) is 6.95. The van der Waals surface area contributed by atoms with E-state index in [0.717, 1.165) is 22.1 Å². The van der Waals surface area contributed by atoms with Gasteiger partial charge in [0.05, 0.1) is 28.1 Å². The molecule has 10 heteroatoms. The Morgan fingerprint density at radius 3 is 2.81 bits per heavy atom. The summed E-state index contributed by atoms with van der Waals surface area (Å²) in [5.74, 6) is -1.66. The van der Waals surface area contributed by atoms with Crippen LogP contribution in [0.3, 0.4) is 0 Å². The van der Waals surface area contributed by atoms with Crippen molar-refractivity contribution in [3.05, 3.63) is 47.0 Å². The van der Waals surface area contributed by atoms with E-state index < -0.39 is 17.6 Å². The summed E-state index contributed by atoms with van der Waals surface area (Å²) in [5.41, 5.74) is 0.0209. The van der Waals surface area contributed by atoms with E-state index in [4.69, 9.17) is 0 Å². The van der Waals surface area contributed by atoms with E-state index in [1.54, 1.807) is 0 Å². The first-order valence-corrected chi connectivity index (χ1v) is 8.28. The van der Waals surface area contributed by atoms with Crippen LogP contribution < -0.4 is 5.32 Å². The second-order valence-corrected chi connectivity index (χ2v) is 6.71. The van der Waals surface area contributed by atoms with Crippen LogP contribution in [0.5, 0.6) is 0 Å². The van der Waals surface area contributed by atoms with Crippen molar-refractivity contribution in [2.45, 2.75) is 19.5 Å². The third-order valence-corrected chi connectivity index (χ3v) is 4.92. The van der Waals surface area contributed by atoms with Gasteiger partial charge in [-0.05, 0) is 12.1 Å². The minimum atomic E-state index is -4.87. The standard InChI is InChI=1S/C16H10F4N4OS/c1-7(25)22-15-23-10-5-8-6-21-24(13(8)14(10)26-15)11-4-2-3-9(17)12(11)16(18,19)20/h2-4,6H,5H2,1H3,(H,22,23,25). The predicted octanol–water partition coefficient (Wildman–Crippen LogP) is 4.02. The normalized spacial score (nSPS) is 12.8. The van der Waals surface area contributed by atoms with Crippen LogP contribution in [0.1, 0.15) is 23.7 Å². The Morgan fingerprint density at radius 2 is 2.12 bits per heavy atom. The van der Waals surface area contributed by atoms with Gasteiger partial charge in [-0.15, -0.1) is 0 Å². The van der Waals surface area contributed by atoms with Crippen LogP contribution in [-0.4, -0.2) is 20.7 Å². The summed E-state index contributed by atoms with van der Waals surface area (Å²) in [6.45, 7) is 1.34. The topological polar surface area (TPSA) is 59.8 Å². The molecule has 0 saturated heterocycles. The predicted molar refractivity (Wildman–Crippen MR) is 86.7 cm³/mol. The largest absolute Gasteiger partial charge is 0.421 e. The summed E-state index contributed by atoms with van der Waals surface area (Å²) < 4.78 is 55.1. The lowest BCUT2D eigenvalue weighted by atomic mass is 10.1. The van der Waals surface area contributed by atoms with E-state index in [9.17, 15) is 22.4 Å². The fraction of sp³-hybridized carbons (Fsp3) is 0.188. The van der Waals surface area contributed by atoms with E-state index in [2.05, 4.69) is 15.4 Å². The molecule has 1 aliphatic rings. The summed E-state index contributed by atoms with van der Waals surface area (Å²) >= 11 is 1.15. The number of fused-ring (bicyclic) bond motifs is 3. The van der Waals surface area contributed by atoms with Crippen LogP contribution in [0.4, 0.5) is 22.7 Å². The maximum absolute atomic E-state index is 13.9. The second-order valence-electron chi connectivity index (χ2n) is 5.71. The smallest absolute Gasteiger partial charge is 0.302 e. The molecule has 1 aromatic carbocycles. The number of alkyl halides is 3. The van der Waals surface area contributed by atoms with Crippen molar-refractivity contribution in [2.24, 2.45) is 0 Å². The van der Waals surface area contributed by atoms with E-state index >= 15 is 0 Å². The minimum absolute atomic E-state index is 0.296. The molecule has 0 atom stereocenters. The van der Waals surface area contributed by atoms with Gasteiger partial charge in [0.1, 0.15) is 11.4 Å². The zero-order chi connectivity index (χ0) is 18.6. The first-order valence-electron chi connectivity index (χ1n) is 7.46. The number of halogens is 4. The van der Waals surface area contributed by atoms with Crippen molar-refractivity contribution in [3.8, 4) is 16.3 Å². The number of hydrogen-bond acceptors (Lipinski definition) is 4. The quantitative estimate of drug-likeness (QED) is 0.533. The fourth-order valence-corrected chi connectivity index (χ4v) is 4.04. The van der Waals surface area contributed by atoms with Crippen molar-refractivity contribution >= 4 is 22.4 Å². The van der Waals surface area contributed by atoms with Gasteiger partial charge in [0.2, 0.25) is 5.91 Å². The van der Waals surface area contributed by atoms with E-state index in [0.29, 0.717) is 33.4 Å². The zero-order valence-corrected chi connectivity index (χ0v) is 14.0. The zero-order valence-electron chi connectivity index (χ0n) is 13.2. The van der Waals surface area contributed by atoms with Crippen molar-refractivity contribution in [3.63, 3.8) is 0 Å². The van der Waals surface area contributed by atoms with E-state index in [1.807, 2.05) is 0 Å². The number of carbonyl (C=O) groups is 1. The highest BCUT2D eigenvalue weighted by molar-refractivity contribution is 7.19. The maximum Gasteiger partial charge on any atom is 0.421 e. The average Bonchev–Trinajstić information content (AvgIpc) is 3.15. The number of nitrogens with zero attached hydrogens (tertiary/aromatic N) is 3. The van der Waals surface area contributed by atoms with Gasteiger partial charge in [-0.25, -0.2) is 14.1 Å². The molecule has 0 fully saturated rings. The highest BCUT2D eigenvalue weighted by Crippen LogP contribution is 2.44. The molecule has 0 radical (unpaired) electrons. The van der Waals surface area contributed by atoms with Crippen LogP contribution >= 0.6 is 11.3 Å². The Morgan fingerprint density at radius 1 is 1.35 bits per heavy atom. The molecule has 0 spiro atoms. The van der Waals surface area contributed by atoms with Gasteiger partial charge < -0.3 is 5.32 Å². The first kappa shape index (κ1) is 16.7. The van der Waals surface area contributed by atoms with Crippen LogP contribution in [0.2, 0.25) is 0 Å². The molecule has 4 rings (SSSR count). The van der Waals surface area contributed by atoms with Gasteiger partial charge in [-0.1, -0.05) is 17.4 Å². The SMILES string of the molecule is CC(=O)Nc1nc2c(s1)-c1c(cnn1-c1cccc(F)c1C(F)(F)F)C2. The molecule has 0 aliphatic heterocycles. The lowest BCUT2D eigenvalue weighted by Gasteiger charge is -2.15. The van der Waals surface area contributed by atoms with E-state index in [1.165, 1.54) is 25.3 Å². The van der Waals surface area contributed by atoms with Gasteiger partial charge in [0, 0.05) is 18.9 Å². The number of rotatable bonds is 2. The molecule has 2 aromatic heterocycles. The highest BCUT2D eigenvalue weighted by atomic mass is 32.1. The summed E-state index contributed by atoms with van der Waals surface area (Å²) in [6, 6.07) is 3.15. The van der Waals surface area contributed by atoms with Gasteiger partial charge in [0.15, 0.2) is 5.13 Å². The van der Waals surface area contributed by atoms with Crippen molar-refractivity contribution in [1.82, 2.24) is 14.8 Å². The Hall–Kier alpha value is -2.75. The molecule has 3 aromatic rings. The number of aromatic nitrogens is 3. The number of hydrogen-bond donors (Lipinski definition) is 1. The third-order valence-electron chi connectivity index (χ3n) is 3.90. The van der Waals surface area contributed by atoms with Gasteiger partial charge in [0.25, 0.3) is 0 Å². The van der Waals surface area contributed by atoms with Gasteiger partial charge in [-0.3, -0.25) is 4.79 Å². The lowest BCUT2D eigenvalue weighted by molar-refractivity contribution is -0.139. The molecule has 5 nitrogen and oxygen atoms in total.